The van der Waals surface area contributed by atoms with Crippen LogP contribution >= 0.6 is 0 Å². The summed E-state index contributed by atoms with van der Waals surface area (Å²) < 4.78 is 16.6. The second-order valence-electron chi connectivity index (χ2n) is 8.39. The van der Waals surface area contributed by atoms with Crippen LogP contribution in [0.25, 0.3) is 0 Å². The number of hydrogen-bond donors (Lipinski definition) is 1. The van der Waals surface area contributed by atoms with Crippen molar-refractivity contribution in [3.05, 3.63) is 59.2 Å². The van der Waals surface area contributed by atoms with Gasteiger partial charge in [0, 0.05) is 38.2 Å². The first-order valence-corrected chi connectivity index (χ1v) is 11.4. The number of morpholine rings is 1. The fourth-order valence-electron chi connectivity index (χ4n) is 3.84. The van der Waals surface area contributed by atoms with E-state index >= 15 is 0 Å². The number of amides is 1. The van der Waals surface area contributed by atoms with Crippen molar-refractivity contribution in [2.45, 2.75) is 45.9 Å². The van der Waals surface area contributed by atoms with E-state index in [1.54, 1.807) is 18.2 Å². The third kappa shape index (κ3) is 7.87. The standard InChI is InChI=1S/C26H34N2O5/c1-19-17-28(11-13-32-19)18-22-7-4-6-21(14-22)16-27-26(30)8-5-12-33-24-10-9-23(20(2)29)15-25(24)31-3/h4,6-7,9-10,14-15,19H,5,8,11-13,16-18H2,1-3H3,(H,27,30). The fraction of sp³-hybridized carbons (Fsp3) is 0.462. The second-order valence-corrected chi connectivity index (χ2v) is 8.39. The zero-order valence-electron chi connectivity index (χ0n) is 19.8. The molecule has 1 aliphatic rings. The Kier molecular flexibility index (Phi) is 9.27. The average Bonchev–Trinajstić information content (AvgIpc) is 2.80. The molecule has 1 atom stereocenters. The van der Waals surface area contributed by atoms with Gasteiger partial charge in [-0.1, -0.05) is 24.3 Å². The first-order valence-electron chi connectivity index (χ1n) is 11.4. The van der Waals surface area contributed by atoms with Gasteiger partial charge in [0.2, 0.25) is 5.91 Å². The van der Waals surface area contributed by atoms with E-state index in [9.17, 15) is 9.59 Å². The topological polar surface area (TPSA) is 77.1 Å². The highest BCUT2D eigenvalue weighted by Gasteiger charge is 2.16. The molecule has 1 amide bonds. The lowest BCUT2D eigenvalue weighted by Gasteiger charge is -2.31. The summed E-state index contributed by atoms with van der Waals surface area (Å²) in [5.41, 5.74) is 2.91. The highest BCUT2D eigenvalue weighted by Crippen LogP contribution is 2.28. The van der Waals surface area contributed by atoms with Crippen LogP contribution in [0.1, 0.15) is 48.2 Å². The van der Waals surface area contributed by atoms with E-state index < -0.39 is 0 Å². The highest BCUT2D eigenvalue weighted by atomic mass is 16.5. The molecule has 1 aliphatic heterocycles. The summed E-state index contributed by atoms with van der Waals surface area (Å²) in [5, 5.41) is 2.99. The largest absolute Gasteiger partial charge is 0.493 e. The summed E-state index contributed by atoms with van der Waals surface area (Å²) in [4.78, 5) is 26.2. The normalized spacial score (nSPS) is 16.3. The third-order valence-corrected chi connectivity index (χ3v) is 5.59. The smallest absolute Gasteiger partial charge is 0.220 e. The Balaban J connectivity index is 1.39. The zero-order chi connectivity index (χ0) is 23.6. The number of ketones is 1. The monoisotopic (exact) mass is 454 g/mol. The van der Waals surface area contributed by atoms with E-state index in [2.05, 4.69) is 29.3 Å². The van der Waals surface area contributed by atoms with Gasteiger partial charge in [-0.3, -0.25) is 14.5 Å². The molecule has 1 heterocycles. The molecule has 0 saturated carbocycles. The van der Waals surface area contributed by atoms with Crippen molar-refractivity contribution in [1.82, 2.24) is 10.2 Å². The summed E-state index contributed by atoms with van der Waals surface area (Å²) in [7, 11) is 1.54. The molecule has 1 fully saturated rings. The van der Waals surface area contributed by atoms with E-state index in [1.165, 1.54) is 19.6 Å². The summed E-state index contributed by atoms with van der Waals surface area (Å²) in [6.07, 6.45) is 1.23. The Hall–Kier alpha value is -2.90. The van der Waals surface area contributed by atoms with Gasteiger partial charge >= 0.3 is 0 Å². The number of hydrogen-bond acceptors (Lipinski definition) is 6. The minimum Gasteiger partial charge on any atom is -0.493 e. The van der Waals surface area contributed by atoms with Crippen molar-refractivity contribution in [2.24, 2.45) is 0 Å². The molecule has 0 bridgehead atoms. The van der Waals surface area contributed by atoms with Crippen molar-refractivity contribution in [2.75, 3.05) is 33.4 Å². The zero-order valence-corrected chi connectivity index (χ0v) is 19.8. The molecule has 2 aromatic carbocycles. The molecule has 33 heavy (non-hydrogen) atoms. The quantitative estimate of drug-likeness (QED) is 0.413. The number of carbonyl (C=O) groups excluding carboxylic acids is 2. The number of rotatable bonds is 11. The van der Waals surface area contributed by atoms with Gasteiger partial charge in [0.1, 0.15) is 0 Å². The molecule has 0 spiro atoms. The lowest BCUT2D eigenvalue weighted by molar-refractivity contribution is -0.121. The molecule has 1 saturated heterocycles. The van der Waals surface area contributed by atoms with Crippen molar-refractivity contribution in [3.63, 3.8) is 0 Å². The van der Waals surface area contributed by atoms with Crippen LogP contribution in [-0.4, -0.2) is 56.1 Å². The lowest BCUT2D eigenvalue weighted by Crippen LogP contribution is -2.40. The molecule has 0 radical (unpaired) electrons. The van der Waals surface area contributed by atoms with Crippen LogP contribution < -0.4 is 14.8 Å². The number of benzene rings is 2. The third-order valence-electron chi connectivity index (χ3n) is 5.59. The molecule has 3 rings (SSSR count). The van der Waals surface area contributed by atoms with Crippen molar-refractivity contribution in [1.29, 1.82) is 0 Å². The first kappa shape index (κ1) is 24.7. The van der Waals surface area contributed by atoms with E-state index in [4.69, 9.17) is 14.2 Å². The van der Waals surface area contributed by atoms with Crippen LogP contribution in [0.2, 0.25) is 0 Å². The fourth-order valence-corrected chi connectivity index (χ4v) is 3.84. The number of nitrogens with zero attached hydrogens (tertiary/aromatic N) is 1. The summed E-state index contributed by atoms with van der Waals surface area (Å²) in [5.74, 6) is 1.04. The van der Waals surface area contributed by atoms with Crippen LogP contribution in [0.5, 0.6) is 11.5 Å². The van der Waals surface area contributed by atoms with E-state index in [-0.39, 0.29) is 17.8 Å². The minimum atomic E-state index is -0.0299. The maximum Gasteiger partial charge on any atom is 0.220 e. The summed E-state index contributed by atoms with van der Waals surface area (Å²) in [6, 6.07) is 13.4. The van der Waals surface area contributed by atoms with E-state index in [0.29, 0.717) is 43.1 Å². The molecule has 178 valence electrons. The molecule has 7 heteroatoms. The van der Waals surface area contributed by atoms with Crippen molar-refractivity contribution in [3.8, 4) is 11.5 Å². The van der Waals surface area contributed by atoms with Gasteiger partial charge in [-0.2, -0.15) is 0 Å². The number of Topliss-reactive ketones (excluding diaryl/α,β-unsaturated/α-hetero) is 1. The number of ether oxygens (including phenoxy) is 3. The van der Waals surface area contributed by atoms with Crippen LogP contribution in [0.4, 0.5) is 0 Å². The Morgan fingerprint density at radius 1 is 1.15 bits per heavy atom. The minimum absolute atomic E-state index is 0.00935. The molecular formula is C26H34N2O5. The van der Waals surface area contributed by atoms with Gasteiger partial charge in [0.05, 0.1) is 26.4 Å². The molecule has 0 aromatic heterocycles. The molecular weight excluding hydrogens is 420 g/mol. The summed E-state index contributed by atoms with van der Waals surface area (Å²) in [6.45, 7) is 8.05. The SMILES string of the molecule is COc1cc(C(C)=O)ccc1OCCCC(=O)NCc1cccc(CN2CCOC(C)C2)c1. The second kappa shape index (κ2) is 12.4. The van der Waals surface area contributed by atoms with Crippen LogP contribution in [0.3, 0.4) is 0 Å². The molecule has 7 nitrogen and oxygen atoms in total. The predicted octanol–water partition coefficient (Wildman–Crippen LogP) is 3.59. The molecule has 1 N–H and O–H groups in total. The maximum atomic E-state index is 12.3. The summed E-state index contributed by atoms with van der Waals surface area (Å²) >= 11 is 0. The molecule has 2 aromatic rings. The number of nitrogens with one attached hydrogen (secondary N) is 1. The Morgan fingerprint density at radius 3 is 2.73 bits per heavy atom. The Labute approximate surface area is 196 Å². The van der Waals surface area contributed by atoms with Gasteiger partial charge in [0.25, 0.3) is 0 Å². The van der Waals surface area contributed by atoms with Crippen LogP contribution in [0.15, 0.2) is 42.5 Å². The van der Waals surface area contributed by atoms with Gasteiger partial charge in [-0.25, -0.2) is 0 Å². The predicted molar refractivity (Wildman–Crippen MR) is 127 cm³/mol. The van der Waals surface area contributed by atoms with Crippen LogP contribution in [0, 0.1) is 0 Å². The average molecular weight is 455 g/mol. The first-order chi connectivity index (χ1) is 15.9. The lowest BCUT2D eigenvalue weighted by atomic mass is 10.1. The van der Waals surface area contributed by atoms with E-state index in [1.807, 2.05) is 12.1 Å². The Bertz CT molecular complexity index is 946. The molecule has 1 unspecified atom stereocenters. The van der Waals surface area contributed by atoms with E-state index in [0.717, 1.165) is 31.8 Å². The van der Waals surface area contributed by atoms with Gasteiger partial charge in [0.15, 0.2) is 17.3 Å². The van der Waals surface area contributed by atoms with Gasteiger partial charge < -0.3 is 19.5 Å². The van der Waals surface area contributed by atoms with Gasteiger partial charge in [-0.05, 0) is 49.6 Å². The molecule has 0 aliphatic carbocycles. The Morgan fingerprint density at radius 2 is 1.97 bits per heavy atom. The van der Waals surface area contributed by atoms with Crippen LogP contribution in [-0.2, 0) is 22.6 Å². The van der Waals surface area contributed by atoms with Crippen molar-refractivity contribution >= 4 is 11.7 Å². The van der Waals surface area contributed by atoms with Gasteiger partial charge in [-0.15, -0.1) is 0 Å². The maximum absolute atomic E-state index is 12.3. The number of carbonyl (C=O) groups is 2. The van der Waals surface area contributed by atoms with Crippen molar-refractivity contribution < 1.29 is 23.8 Å². The highest BCUT2D eigenvalue weighted by molar-refractivity contribution is 5.94. The number of methoxy groups -OCH3 is 1.